The second-order valence-corrected chi connectivity index (χ2v) is 9.00. The minimum absolute atomic E-state index is 0.114. The summed E-state index contributed by atoms with van der Waals surface area (Å²) in [6, 6.07) is 7.95. The van der Waals surface area contributed by atoms with Crippen LogP contribution < -0.4 is 10.2 Å². The maximum Gasteiger partial charge on any atom is 0.338 e. The van der Waals surface area contributed by atoms with E-state index in [1.54, 1.807) is 31.2 Å². The predicted molar refractivity (Wildman–Crippen MR) is 140 cm³/mol. The number of carboxylic acids is 1. The number of rotatable bonds is 15. The molecule has 7 heteroatoms. The number of unbranched alkanes of at least 4 members (excludes halogenated alkanes) is 7. The van der Waals surface area contributed by atoms with Gasteiger partial charge in [0.15, 0.2) is 0 Å². The van der Waals surface area contributed by atoms with Gasteiger partial charge in [0.25, 0.3) is 0 Å². The fraction of sp³-hybridized carbons (Fsp3) is 0.483. The van der Waals surface area contributed by atoms with Crippen LogP contribution in [-0.2, 0) is 16.0 Å². The molecule has 1 aromatic heterocycles. The third-order valence-corrected chi connectivity index (χ3v) is 6.25. The maximum atomic E-state index is 13.3. The summed E-state index contributed by atoms with van der Waals surface area (Å²) in [4.78, 5) is 36.7. The zero-order valence-corrected chi connectivity index (χ0v) is 21.3. The lowest BCUT2D eigenvalue weighted by Gasteiger charge is -2.14. The molecule has 0 radical (unpaired) electrons. The molecule has 0 amide bonds. The van der Waals surface area contributed by atoms with E-state index in [0.29, 0.717) is 34.5 Å². The Kier molecular flexibility index (Phi) is 10.3. The number of ether oxygens (including phenoxy) is 2. The van der Waals surface area contributed by atoms with Gasteiger partial charge in [-0.05, 0) is 50.1 Å². The Morgan fingerprint density at radius 2 is 1.64 bits per heavy atom. The van der Waals surface area contributed by atoms with Crippen molar-refractivity contribution in [2.75, 3.05) is 13.2 Å². The summed E-state index contributed by atoms with van der Waals surface area (Å²) in [6.07, 6.45) is 9.55. The first-order chi connectivity index (χ1) is 17.5. The highest BCUT2D eigenvalue weighted by atomic mass is 16.5. The van der Waals surface area contributed by atoms with Gasteiger partial charge in [0, 0.05) is 12.0 Å². The van der Waals surface area contributed by atoms with E-state index in [1.807, 2.05) is 0 Å². The highest BCUT2D eigenvalue weighted by molar-refractivity contribution is 5.97. The fourth-order valence-corrected chi connectivity index (χ4v) is 4.32. The van der Waals surface area contributed by atoms with E-state index in [4.69, 9.17) is 13.9 Å². The zero-order valence-electron chi connectivity index (χ0n) is 21.3. The van der Waals surface area contributed by atoms with Crippen molar-refractivity contribution in [3.8, 4) is 5.75 Å². The van der Waals surface area contributed by atoms with Crippen LogP contribution in [0.3, 0.4) is 0 Å². The molecule has 0 saturated heterocycles. The molecule has 7 nitrogen and oxygen atoms in total. The molecule has 0 aliphatic carbocycles. The summed E-state index contributed by atoms with van der Waals surface area (Å²) in [5.74, 6) is -0.911. The van der Waals surface area contributed by atoms with Crippen molar-refractivity contribution in [2.45, 2.75) is 78.1 Å². The van der Waals surface area contributed by atoms with Gasteiger partial charge < -0.3 is 19.0 Å². The van der Waals surface area contributed by atoms with E-state index in [1.165, 1.54) is 44.6 Å². The highest BCUT2D eigenvalue weighted by Crippen LogP contribution is 2.31. The summed E-state index contributed by atoms with van der Waals surface area (Å²) in [5.41, 5.74) is 1.20. The number of hydrogen-bond acceptors (Lipinski definition) is 6. The fourth-order valence-electron chi connectivity index (χ4n) is 4.32. The Morgan fingerprint density at radius 1 is 0.917 bits per heavy atom. The van der Waals surface area contributed by atoms with Crippen molar-refractivity contribution in [1.29, 1.82) is 0 Å². The monoisotopic (exact) mass is 496 g/mol. The van der Waals surface area contributed by atoms with Crippen LogP contribution in [0, 0.1) is 0 Å². The number of carbonyl (C=O) groups is 2. The van der Waals surface area contributed by atoms with Crippen LogP contribution in [0.1, 0.15) is 87.6 Å². The van der Waals surface area contributed by atoms with E-state index in [2.05, 4.69) is 6.92 Å². The number of fused-ring (bicyclic) bond motifs is 2. The van der Waals surface area contributed by atoms with Gasteiger partial charge in [-0.1, -0.05) is 51.9 Å². The maximum absolute atomic E-state index is 13.3. The molecule has 0 fully saturated rings. The zero-order chi connectivity index (χ0) is 25.9. The van der Waals surface area contributed by atoms with Crippen molar-refractivity contribution in [1.82, 2.24) is 0 Å². The van der Waals surface area contributed by atoms with Gasteiger partial charge >= 0.3 is 11.9 Å². The second kappa shape index (κ2) is 13.7. The van der Waals surface area contributed by atoms with E-state index in [9.17, 15) is 19.5 Å². The smallest absolute Gasteiger partial charge is 0.338 e. The van der Waals surface area contributed by atoms with Crippen LogP contribution in [-0.4, -0.2) is 30.3 Å². The number of hydrogen-bond donors (Lipinski definition) is 1. The second-order valence-electron chi connectivity index (χ2n) is 9.00. The van der Waals surface area contributed by atoms with Crippen LogP contribution in [0.15, 0.2) is 39.5 Å². The Hall–Kier alpha value is -3.35. The first-order valence-electron chi connectivity index (χ1n) is 13.0. The van der Waals surface area contributed by atoms with Crippen molar-refractivity contribution < 1.29 is 28.6 Å². The van der Waals surface area contributed by atoms with Gasteiger partial charge in [0.1, 0.15) is 16.9 Å². The Labute approximate surface area is 211 Å². The highest BCUT2D eigenvalue weighted by Gasteiger charge is 2.18. The molecule has 2 aromatic carbocycles. The third kappa shape index (κ3) is 7.09. The quantitative estimate of drug-likeness (QED) is 0.143. The van der Waals surface area contributed by atoms with E-state index < -0.39 is 11.9 Å². The Bertz CT molecular complexity index is 1240. The molecule has 0 bridgehead atoms. The van der Waals surface area contributed by atoms with Crippen LogP contribution >= 0.6 is 0 Å². The van der Waals surface area contributed by atoms with Crippen LogP contribution in [0.4, 0.5) is 0 Å². The summed E-state index contributed by atoms with van der Waals surface area (Å²) < 4.78 is 17.2. The predicted octanol–water partition coefficient (Wildman–Crippen LogP) is 6.66. The Morgan fingerprint density at radius 3 is 2.33 bits per heavy atom. The van der Waals surface area contributed by atoms with Crippen molar-refractivity contribution in [3.05, 3.63) is 51.7 Å². The number of esters is 1. The molecule has 36 heavy (non-hydrogen) atoms. The molecule has 1 heterocycles. The summed E-state index contributed by atoms with van der Waals surface area (Å²) in [6.45, 7) is 4.68. The lowest BCUT2D eigenvalue weighted by Crippen LogP contribution is -2.09. The average molecular weight is 497 g/mol. The first-order valence-corrected chi connectivity index (χ1v) is 13.0. The standard InChI is InChI=1S/C29H36O7/c1-3-5-6-7-8-9-10-11-18-35-24-16-13-22-27(32)23-19-20(29(33)34-4-2)12-15-25(23)36-28(22)21(24)14-17-26(30)31/h12-13,15-16,19H,3-11,14,17-18H2,1-2H3,(H,30,31). The number of carboxylic acid groups (broad SMARTS) is 1. The van der Waals surface area contributed by atoms with Crippen molar-refractivity contribution >= 4 is 33.9 Å². The molecule has 194 valence electrons. The number of benzene rings is 2. The molecule has 0 spiro atoms. The molecule has 3 aromatic rings. The van der Waals surface area contributed by atoms with Crippen LogP contribution in [0.25, 0.3) is 21.9 Å². The minimum Gasteiger partial charge on any atom is -0.493 e. The van der Waals surface area contributed by atoms with Gasteiger partial charge in [0.2, 0.25) is 5.43 Å². The average Bonchev–Trinajstić information content (AvgIpc) is 2.86. The largest absolute Gasteiger partial charge is 0.493 e. The topological polar surface area (TPSA) is 103 Å². The molecule has 0 aliphatic rings. The van der Waals surface area contributed by atoms with Crippen LogP contribution in [0.2, 0.25) is 0 Å². The molecule has 0 unspecified atom stereocenters. The Balaban J connectivity index is 1.83. The summed E-state index contributed by atoms with van der Waals surface area (Å²) in [5, 5.41) is 9.85. The van der Waals surface area contributed by atoms with Gasteiger partial charge in [-0.15, -0.1) is 0 Å². The lowest BCUT2D eigenvalue weighted by atomic mass is 10.0. The molecule has 3 rings (SSSR count). The lowest BCUT2D eigenvalue weighted by molar-refractivity contribution is -0.136. The van der Waals surface area contributed by atoms with Gasteiger partial charge in [-0.3, -0.25) is 9.59 Å². The third-order valence-electron chi connectivity index (χ3n) is 6.25. The van der Waals surface area contributed by atoms with E-state index >= 15 is 0 Å². The molecule has 0 saturated carbocycles. The number of aryl methyl sites for hydroxylation is 1. The van der Waals surface area contributed by atoms with Gasteiger partial charge in [-0.2, -0.15) is 0 Å². The van der Waals surface area contributed by atoms with Crippen molar-refractivity contribution in [2.24, 2.45) is 0 Å². The molecular weight excluding hydrogens is 460 g/mol. The van der Waals surface area contributed by atoms with E-state index in [0.717, 1.165) is 12.8 Å². The normalized spacial score (nSPS) is 11.2. The molecule has 0 aliphatic heterocycles. The molecule has 1 N–H and O–H groups in total. The van der Waals surface area contributed by atoms with Gasteiger partial charge in [-0.25, -0.2) is 4.79 Å². The number of carbonyl (C=O) groups excluding carboxylic acids is 1. The molecule has 0 atom stereocenters. The van der Waals surface area contributed by atoms with Gasteiger partial charge in [0.05, 0.1) is 29.5 Å². The van der Waals surface area contributed by atoms with Crippen LogP contribution in [0.5, 0.6) is 5.75 Å². The van der Waals surface area contributed by atoms with Crippen molar-refractivity contribution in [3.63, 3.8) is 0 Å². The summed E-state index contributed by atoms with van der Waals surface area (Å²) in [7, 11) is 0. The SMILES string of the molecule is CCCCCCCCCCOc1ccc2c(=O)c3cc(C(=O)OCC)ccc3oc2c1CCC(=O)O. The summed E-state index contributed by atoms with van der Waals surface area (Å²) >= 11 is 0. The molecular formula is C29H36O7. The minimum atomic E-state index is -0.941. The van der Waals surface area contributed by atoms with E-state index in [-0.39, 0.29) is 35.8 Å². The number of aliphatic carboxylic acids is 1. The first kappa shape index (κ1) is 27.2.